The average molecular weight is 1620 g/mol. The third-order valence-electron chi connectivity index (χ3n) is 17.6. The molecule has 4 aliphatic heterocycles. The molecule has 22 heteroatoms. The first-order chi connectivity index (χ1) is 50.6. The molecule has 112 heavy (non-hydrogen) atoms. The van der Waals surface area contributed by atoms with Crippen LogP contribution in [0.5, 0.6) is 69.0 Å². The number of ether oxygens (including phenoxy) is 20. The Labute approximate surface area is 689 Å². The van der Waals surface area contributed by atoms with Gasteiger partial charge in [0.15, 0.2) is 0 Å². The molecular formula is C90H154O20S2. The summed E-state index contributed by atoms with van der Waals surface area (Å²) in [6.45, 7) is 19.6. The normalized spacial score (nSPS) is 17.5. The summed E-state index contributed by atoms with van der Waals surface area (Å²) in [6.07, 6.45) is 9.84. The van der Waals surface area contributed by atoms with E-state index in [1.54, 1.807) is 114 Å². The largest absolute Gasteiger partial charge is 0.497 e. The first-order valence-corrected chi connectivity index (χ1v) is 37.7. The van der Waals surface area contributed by atoms with E-state index in [2.05, 4.69) is 47.6 Å². The van der Waals surface area contributed by atoms with E-state index in [0.29, 0.717) is 26.4 Å². The highest BCUT2D eigenvalue weighted by Gasteiger charge is 2.49. The SMILES string of the molecule is C.C.C.C.C.C.C.CCC(C)CSc1cc(OC)ccc1OC.CCCCCCCCSc1cc(OC)ccc1OC.CO[C@@H]1CO[C@H]2[C@@H]1OC[C@H]2OC.CO[C@H]1COC2C1OC[C@H]2OC.COc1ccc(OC)c(C(C)(C)C)c1.COc1ccc(OC)c(C)c1.COc1ccc(OC)c(C)c1.COc1ccc(OC)cc1. The van der Waals surface area contributed by atoms with E-state index < -0.39 is 0 Å². The maximum atomic E-state index is 5.51. The van der Waals surface area contributed by atoms with E-state index in [9.17, 15) is 0 Å². The second-order valence-electron chi connectivity index (χ2n) is 25.6. The van der Waals surface area contributed by atoms with Crippen molar-refractivity contribution in [1.29, 1.82) is 0 Å². The maximum absolute atomic E-state index is 5.51. The van der Waals surface area contributed by atoms with Crippen LogP contribution in [0.2, 0.25) is 0 Å². The summed E-state index contributed by atoms with van der Waals surface area (Å²) >= 11 is 3.69. The highest BCUT2D eigenvalue weighted by molar-refractivity contribution is 7.99. The highest BCUT2D eigenvalue weighted by atomic mass is 32.2. The molecule has 0 spiro atoms. The minimum absolute atomic E-state index is 0. The van der Waals surface area contributed by atoms with Gasteiger partial charge in [0, 0.05) is 39.8 Å². The minimum atomic E-state index is 0. The summed E-state index contributed by atoms with van der Waals surface area (Å²) < 4.78 is 105. The van der Waals surface area contributed by atoms with Crippen LogP contribution in [0.1, 0.15) is 155 Å². The number of thioether (sulfide) groups is 2. The van der Waals surface area contributed by atoms with Gasteiger partial charge in [-0.05, 0) is 164 Å². The van der Waals surface area contributed by atoms with Gasteiger partial charge in [-0.2, -0.15) is 0 Å². The fourth-order valence-corrected chi connectivity index (χ4v) is 13.2. The summed E-state index contributed by atoms with van der Waals surface area (Å²) in [5, 5.41) is 0. The number of hydrogen-bond donors (Lipinski definition) is 0. The van der Waals surface area contributed by atoms with Gasteiger partial charge in [0.05, 0.1) is 122 Å². The lowest BCUT2D eigenvalue weighted by atomic mass is 9.86. The van der Waals surface area contributed by atoms with Gasteiger partial charge in [-0.25, -0.2) is 0 Å². The Bertz CT molecular complexity index is 3110. The Morgan fingerprint density at radius 3 is 0.902 bits per heavy atom. The summed E-state index contributed by atoms with van der Waals surface area (Å²) in [6, 6.07) is 36.6. The summed E-state index contributed by atoms with van der Waals surface area (Å²) in [5.41, 5.74) is 3.41. The predicted octanol–water partition coefficient (Wildman–Crippen LogP) is 21.8. The van der Waals surface area contributed by atoms with Crippen LogP contribution in [0.3, 0.4) is 0 Å². The first kappa shape index (κ1) is 114. The molecule has 3 unspecified atom stereocenters. The maximum Gasteiger partial charge on any atom is 0.132 e. The number of unbranched alkanes of at least 4 members (excludes halogenated alkanes) is 5. The molecule has 4 heterocycles. The second-order valence-corrected chi connectivity index (χ2v) is 27.8. The summed E-state index contributed by atoms with van der Waals surface area (Å²) in [5.74, 6) is 13.6. The summed E-state index contributed by atoms with van der Waals surface area (Å²) in [4.78, 5) is 2.33. The molecule has 0 radical (unpaired) electrons. The zero-order valence-electron chi connectivity index (χ0n) is 67.3. The molecule has 10 rings (SSSR count). The Morgan fingerprint density at radius 2 is 0.616 bits per heavy atom. The van der Waals surface area contributed by atoms with Crippen LogP contribution >= 0.6 is 23.5 Å². The minimum Gasteiger partial charge on any atom is -0.497 e. The van der Waals surface area contributed by atoms with Crippen LogP contribution in [0, 0.1) is 19.8 Å². The fourth-order valence-electron chi connectivity index (χ4n) is 10.9. The van der Waals surface area contributed by atoms with Gasteiger partial charge in [0.25, 0.3) is 0 Å². The smallest absolute Gasteiger partial charge is 0.132 e. The average Bonchev–Trinajstić information content (AvgIpc) is 1.65. The zero-order valence-corrected chi connectivity index (χ0v) is 69.0. The highest BCUT2D eigenvalue weighted by Crippen LogP contribution is 2.38. The van der Waals surface area contributed by atoms with Gasteiger partial charge in [0.2, 0.25) is 0 Å². The van der Waals surface area contributed by atoms with Crippen molar-refractivity contribution in [2.24, 2.45) is 5.92 Å². The molecule has 6 aromatic rings. The van der Waals surface area contributed by atoms with Gasteiger partial charge in [-0.1, -0.05) is 132 Å². The quantitative estimate of drug-likeness (QED) is 0.0333. The zero-order chi connectivity index (χ0) is 77.7. The van der Waals surface area contributed by atoms with E-state index in [1.807, 2.05) is 147 Å². The van der Waals surface area contributed by atoms with Crippen molar-refractivity contribution in [1.82, 2.24) is 0 Å². The third-order valence-corrected chi connectivity index (χ3v) is 20.1. The predicted molar refractivity (Wildman–Crippen MR) is 469 cm³/mol. The van der Waals surface area contributed by atoms with Crippen LogP contribution in [0.25, 0.3) is 0 Å². The van der Waals surface area contributed by atoms with Crippen LogP contribution in [0.4, 0.5) is 0 Å². The van der Waals surface area contributed by atoms with Crippen molar-refractivity contribution in [2.45, 2.75) is 216 Å². The van der Waals surface area contributed by atoms with Crippen molar-refractivity contribution in [3.8, 4) is 69.0 Å². The van der Waals surface area contributed by atoms with Crippen molar-refractivity contribution < 1.29 is 94.7 Å². The molecule has 9 atom stereocenters. The summed E-state index contributed by atoms with van der Waals surface area (Å²) in [7, 11) is 26.8. The van der Waals surface area contributed by atoms with E-state index >= 15 is 0 Å². The van der Waals surface area contributed by atoms with Gasteiger partial charge in [-0.15, -0.1) is 23.5 Å². The molecule has 4 fully saturated rings. The molecule has 646 valence electrons. The number of aryl methyl sites for hydroxylation is 2. The second kappa shape index (κ2) is 64.6. The van der Waals surface area contributed by atoms with E-state index in [0.717, 1.165) is 102 Å². The Balaban J connectivity index is -0.000000389. The van der Waals surface area contributed by atoms with Crippen LogP contribution in [-0.4, -0.2) is 201 Å². The van der Waals surface area contributed by atoms with Gasteiger partial charge < -0.3 is 94.7 Å². The van der Waals surface area contributed by atoms with Gasteiger partial charge >= 0.3 is 0 Å². The van der Waals surface area contributed by atoms with Crippen molar-refractivity contribution in [3.05, 3.63) is 132 Å². The van der Waals surface area contributed by atoms with E-state index in [4.69, 9.17) is 94.7 Å². The Morgan fingerprint density at radius 1 is 0.339 bits per heavy atom. The van der Waals surface area contributed by atoms with Crippen LogP contribution in [-0.2, 0) is 43.3 Å². The molecule has 4 aliphatic rings. The lowest BCUT2D eigenvalue weighted by Crippen LogP contribution is -2.32. The topological polar surface area (TPSA) is 185 Å². The molecule has 6 aromatic carbocycles. The molecular weight excluding hydrogens is 1470 g/mol. The van der Waals surface area contributed by atoms with Crippen molar-refractivity contribution in [2.75, 3.05) is 152 Å². The van der Waals surface area contributed by atoms with E-state index in [1.165, 1.54) is 55.4 Å². The fraction of sp³-hybridized carbons (Fsp3) is 0.600. The Kier molecular flexibility index (Phi) is 65.6. The number of benzene rings is 6. The molecule has 0 saturated carbocycles. The molecule has 20 nitrogen and oxygen atoms in total. The number of methoxy groups -OCH3 is 16. The van der Waals surface area contributed by atoms with Gasteiger partial charge in [-0.3, -0.25) is 0 Å². The first-order valence-electron chi connectivity index (χ1n) is 35.7. The number of rotatable bonds is 28. The lowest BCUT2D eigenvalue weighted by Gasteiger charge is -2.22. The van der Waals surface area contributed by atoms with E-state index in [-0.39, 0.29) is 106 Å². The molecule has 4 saturated heterocycles. The van der Waals surface area contributed by atoms with Crippen LogP contribution < -0.4 is 56.8 Å². The Hall–Kier alpha value is -6.70. The monoisotopic (exact) mass is 1620 g/mol. The number of hydrogen-bond acceptors (Lipinski definition) is 22. The molecule has 0 bridgehead atoms. The molecule has 0 aromatic heterocycles. The molecule has 0 aliphatic carbocycles. The third kappa shape index (κ3) is 39.1. The number of fused-ring (bicyclic) bond motifs is 2. The van der Waals surface area contributed by atoms with Crippen molar-refractivity contribution >= 4 is 23.5 Å². The lowest BCUT2D eigenvalue weighted by molar-refractivity contribution is -0.0267. The molecule has 0 N–H and O–H groups in total. The van der Waals surface area contributed by atoms with Crippen molar-refractivity contribution in [3.63, 3.8) is 0 Å². The van der Waals surface area contributed by atoms with Crippen LogP contribution in [0.15, 0.2) is 125 Å². The van der Waals surface area contributed by atoms with Gasteiger partial charge in [0.1, 0.15) is 118 Å². The molecule has 0 amide bonds. The standard InChI is InChI=1S/C16H26O2S.C13H20O2S.C12H18O2.2C9H12O2.2C8H14O4.C8H10O2.7CH4/c1-4-5-6-7-8-9-12-19-16-13-14(17-2)10-11-15(16)18-3;1-5-10(2)9-16-13-8-11(14-3)6-7-12(13)15-4;1-12(2,3)10-8-9(13-4)6-7-11(10)14-5;2*1-7-6-8(10-2)4-5-9(7)11-3;2*1-9-5-3-11-8-6(10-2)4-12-7(5)8;1-9-7-3-5-8(10-2)6-4-7;;;;;;;/h10-11,13H,4-9,12H2,1-3H3;6-8,10H,5,9H2,1-4H3;6-8H,1-5H3;2*4-6H,1-3H3;2*5-8H,3-4H2,1-2H3;3-6H,1-2H3;7*1H4/t;;;;;5-,6+,7?,8?;5-,6-,7-,8-;;;;;;;;/m......1......../s1.